The molecule has 7 nitrogen and oxygen atoms in total. The molecular weight excluding hydrogens is 316 g/mol. The molecule has 0 saturated heterocycles. The number of fused-ring (bicyclic) bond motifs is 3. The van der Waals surface area contributed by atoms with Crippen molar-refractivity contribution >= 4 is 27.4 Å². The summed E-state index contributed by atoms with van der Waals surface area (Å²) in [6.45, 7) is 0.233. The number of anilines is 2. The molecule has 2 N–H and O–H groups in total. The Morgan fingerprint density at radius 1 is 1.30 bits per heavy atom. The first kappa shape index (κ1) is 15.4. The molecule has 0 saturated carbocycles. The van der Waals surface area contributed by atoms with Crippen LogP contribution in [0.1, 0.15) is 5.56 Å². The Kier molecular flexibility index (Phi) is 3.99. The third-order valence-corrected chi connectivity index (χ3v) is 4.37. The van der Waals surface area contributed by atoms with Crippen LogP contribution in [-0.4, -0.2) is 42.8 Å². The minimum absolute atomic E-state index is 0.00404. The van der Waals surface area contributed by atoms with Crippen LogP contribution in [0.2, 0.25) is 0 Å². The molecule has 1 aliphatic rings. The van der Waals surface area contributed by atoms with Gasteiger partial charge in [-0.25, -0.2) is 18.4 Å². The number of amides is 1. The van der Waals surface area contributed by atoms with Gasteiger partial charge in [-0.2, -0.15) is 0 Å². The second-order valence-electron chi connectivity index (χ2n) is 5.39. The van der Waals surface area contributed by atoms with Crippen LogP contribution in [0.3, 0.4) is 0 Å². The van der Waals surface area contributed by atoms with Gasteiger partial charge in [0.25, 0.3) is 0 Å². The van der Waals surface area contributed by atoms with E-state index >= 15 is 0 Å². The second kappa shape index (κ2) is 5.96. The predicted molar refractivity (Wildman–Crippen MR) is 88.0 cm³/mol. The summed E-state index contributed by atoms with van der Waals surface area (Å²) in [5, 5.41) is 5.75. The van der Waals surface area contributed by atoms with E-state index in [1.807, 2.05) is 24.3 Å². The van der Waals surface area contributed by atoms with E-state index in [0.717, 1.165) is 11.1 Å². The molecule has 2 aromatic rings. The standard InChI is InChI=1S/C15H16N4O3S/c1-23(21,22)7-6-16-15-17-9-10-8-13(20)18-12-5-3-2-4-11(12)14(10)19-15/h2-5,9H,6-8H2,1H3,(H,18,20)(H,16,17,19). The number of hydrogen-bond acceptors (Lipinski definition) is 6. The van der Waals surface area contributed by atoms with E-state index in [0.29, 0.717) is 17.3 Å². The van der Waals surface area contributed by atoms with Crippen molar-refractivity contribution in [2.45, 2.75) is 6.42 Å². The van der Waals surface area contributed by atoms with Gasteiger partial charge < -0.3 is 10.6 Å². The fourth-order valence-corrected chi connectivity index (χ4v) is 2.84. The molecule has 120 valence electrons. The van der Waals surface area contributed by atoms with Gasteiger partial charge in [0.2, 0.25) is 11.9 Å². The Morgan fingerprint density at radius 2 is 2.09 bits per heavy atom. The highest BCUT2D eigenvalue weighted by molar-refractivity contribution is 7.90. The average molecular weight is 332 g/mol. The SMILES string of the molecule is CS(=O)(=O)CCNc1ncc2c(n1)-c1ccccc1NC(=O)C2. The maximum absolute atomic E-state index is 11.9. The molecule has 1 aliphatic heterocycles. The number of nitrogens with zero attached hydrogens (tertiary/aromatic N) is 2. The molecule has 2 heterocycles. The Morgan fingerprint density at radius 3 is 2.87 bits per heavy atom. The van der Waals surface area contributed by atoms with Crippen molar-refractivity contribution in [1.29, 1.82) is 0 Å². The van der Waals surface area contributed by atoms with Crippen LogP contribution < -0.4 is 10.6 Å². The molecule has 3 rings (SSSR count). The molecule has 1 aromatic heterocycles. The predicted octanol–water partition coefficient (Wildman–Crippen LogP) is 1.09. The molecule has 0 radical (unpaired) electrons. The van der Waals surface area contributed by atoms with E-state index in [4.69, 9.17) is 0 Å². The summed E-state index contributed by atoms with van der Waals surface area (Å²) < 4.78 is 22.3. The van der Waals surface area contributed by atoms with Crippen molar-refractivity contribution in [3.8, 4) is 11.3 Å². The molecule has 0 atom stereocenters. The van der Waals surface area contributed by atoms with Crippen molar-refractivity contribution in [3.63, 3.8) is 0 Å². The lowest BCUT2D eigenvalue weighted by molar-refractivity contribution is -0.115. The normalized spacial score (nSPS) is 13.5. The second-order valence-corrected chi connectivity index (χ2v) is 7.65. The Balaban J connectivity index is 1.93. The van der Waals surface area contributed by atoms with E-state index in [2.05, 4.69) is 20.6 Å². The van der Waals surface area contributed by atoms with Gasteiger partial charge in [0.1, 0.15) is 9.84 Å². The van der Waals surface area contributed by atoms with E-state index in [1.54, 1.807) is 6.20 Å². The fourth-order valence-electron chi connectivity index (χ4n) is 2.37. The molecule has 0 aliphatic carbocycles. The molecule has 1 amide bonds. The number of hydrogen-bond donors (Lipinski definition) is 2. The third-order valence-electron chi connectivity index (χ3n) is 3.43. The van der Waals surface area contributed by atoms with Gasteiger partial charge in [-0.15, -0.1) is 0 Å². The molecular formula is C15H16N4O3S. The molecule has 0 bridgehead atoms. The van der Waals surface area contributed by atoms with Gasteiger partial charge in [0, 0.05) is 30.1 Å². The smallest absolute Gasteiger partial charge is 0.228 e. The highest BCUT2D eigenvalue weighted by Gasteiger charge is 2.20. The highest BCUT2D eigenvalue weighted by atomic mass is 32.2. The summed E-state index contributed by atoms with van der Waals surface area (Å²) in [7, 11) is -3.05. The van der Waals surface area contributed by atoms with Crippen LogP contribution in [0.25, 0.3) is 11.3 Å². The first-order valence-electron chi connectivity index (χ1n) is 7.09. The van der Waals surface area contributed by atoms with Crippen molar-refractivity contribution < 1.29 is 13.2 Å². The number of carbonyl (C=O) groups excluding carboxylic acids is 1. The van der Waals surface area contributed by atoms with Crippen LogP contribution in [0, 0.1) is 0 Å². The first-order valence-corrected chi connectivity index (χ1v) is 9.15. The van der Waals surface area contributed by atoms with Crippen LogP contribution in [-0.2, 0) is 21.1 Å². The van der Waals surface area contributed by atoms with Crippen molar-refractivity contribution in [2.75, 3.05) is 29.2 Å². The Labute approximate surface area is 134 Å². The van der Waals surface area contributed by atoms with Gasteiger partial charge in [0.15, 0.2) is 0 Å². The number of nitrogens with one attached hydrogen (secondary N) is 2. The number of benzene rings is 1. The molecule has 23 heavy (non-hydrogen) atoms. The van der Waals surface area contributed by atoms with Crippen molar-refractivity contribution in [1.82, 2.24) is 9.97 Å². The maximum atomic E-state index is 11.9. The topological polar surface area (TPSA) is 101 Å². The molecule has 1 aromatic carbocycles. The summed E-state index contributed by atoms with van der Waals surface area (Å²) in [6, 6.07) is 7.42. The minimum atomic E-state index is -3.05. The summed E-state index contributed by atoms with van der Waals surface area (Å²) in [5.74, 6) is 0.235. The largest absolute Gasteiger partial charge is 0.353 e. The lowest BCUT2D eigenvalue weighted by atomic mass is 10.1. The number of aromatic nitrogens is 2. The minimum Gasteiger partial charge on any atom is -0.353 e. The zero-order chi connectivity index (χ0) is 16.4. The van der Waals surface area contributed by atoms with E-state index < -0.39 is 9.84 Å². The number of para-hydroxylation sites is 1. The van der Waals surface area contributed by atoms with Crippen molar-refractivity contribution in [2.24, 2.45) is 0 Å². The van der Waals surface area contributed by atoms with E-state index in [9.17, 15) is 13.2 Å². The van der Waals surface area contributed by atoms with Crippen molar-refractivity contribution in [3.05, 3.63) is 36.0 Å². The van der Waals surface area contributed by atoms with Crippen LogP contribution in [0.5, 0.6) is 0 Å². The monoisotopic (exact) mass is 332 g/mol. The van der Waals surface area contributed by atoms with Gasteiger partial charge in [-0.1, -0.05) is 18.2 Å². The first-order chi connectivity index (χ1) is 10.9. The lowest BCUT2D eigenvalue weighted by Gasteiger charge is -2.10. The van der Waals surface area contributed by atoms with E-state index in [1.165, 1.54) is 6.26 Å². The van der Waals surface area contributed by atoms with Gasteiger partial charge in [-0.05, 0) is 6.07 Å². The Hall–Kier alpha value is -2.48. The van der Waals surface area contributed by atoms with E-state index in [-0.39, 0.29) is 24.6 Å². The lowest BCUT2D eigenvalue weighted by Crippen LogP contribution is -2.16. The zero-order valence-electron chi connectivity index (χ0n) is 12.5. The highest BCUT2D eigenvalue weighted by Crippen LogP contribution is 2.32. The summed E-state index contributed by atoms with van der Waals surface area (Å²) in [6.07, 6.45) is 2.99. The quantitative estimate of drug-likeness (QED) is 0.869. The maximum Gasteiger partial charge on any atom is 0.228 e. The third kappa shape index (κ3) is 3.65. The molecule has 0 fully saturated rings. The Bertz CT molecular complexity index is 865. The molecule has 8 heteroatoms. The molecule has 0 spiro atoms. The zero-order valence-corrected chi connectivity index (χ0v) is 13.4. The number of sulfone groups is 1. The van der Waals surface area contributed by atoms with Crippen LogP contribution in [0.4, 0.5) is 11.6 Å². The number of carbonyl (C=O) groups is 1. The summed E-state index contributed by atoms with van der Waals surface area (Å²) in [4.78, 5) is 20.5. The number of rotatable bonds is 4. The van der Waals surface area contributed by atoms with Gasteiger partial charge in [0.05, 0.1) is 23.6 Å². The van der Waals surface area contributed by atoms with Gasteiger partial charge >= 0.3 is 0 Å². The summed E-state index contributed by atoms with van der Waals surface area (Å²) >= 11 is 0. The fraction of sp³-hybridized carbons (Fsp3) is 0.267. The molecule has 0 unspecified atom stereocenters. The van der Waals surface area contributed by atoms with Crippen LogP contribution in [0.15, 0.2) is 30.5 Å². The van der Waals surface area contributed by atoms with Crippen LogP contribution >= 0.6 is 0 Å². The average Bonchev–Trinajstić information content (AvgIpc) is 2.61. The van der Waals surface area contributed by atoms with Gasteiger partial charge in [-0.3, -0.25) is 4.79 Å². The summed E-state index contributed by atoms with van der Waals surface area (Å²) in [5.41, 5.74) is 2.94.